The first-order chi connectivity index (χ1) is 17.8. The molecule has 1 atom stereocenters. The van der Waals surface area contributed by atoms with Crippen LogP contribution in [0.15, 0.2) is 64.0 Å². The van der Waals surface area contributed by atoms with Crippen molar-refractivity contribution in [2.24, 2.45) is 4.99 Å². The van der Waals surface area contributed by atoms with Gasteiger partial charge in [-0.05, 0) is 6.07 Å². The van der Waals surface area contributed by atoms with Gasteiger partial charge in [-0.25, -0.2) is 0 Å². The third-order valence-corrected chi connectivity index (χ3v) is 6.71. The van der Waals surface area contributed by atoms with Crippen molar-refractivity contribution in [1.82, 2.24) is 19.8 Å². The third kappa shape index (κ3) is 4.43. The van der Waals surface area contributed by atoms with Gasteiger partial charge in [0.1, 0.15) is 11.0 Å². The number of carbonyl (C=O) groups excluding carboxylic acids is 1. The van der Waals surface area contributed by atoms with Gasteiger partial charge in [-0.15, -0.1) is 10.2 Å². The summed E-state index contributed by atoms with van der Waals surface area (Å²) in [6.45, 7) is 2.96. The number of morpholine rings is 1. The maximum atomic E-state index is 13.0. The lowest BCUT2D eigenvalue weighted by molar-refractivity contribution is -0.117. The zero-order valence-electron chi connectivity index (χ0n) is 19.1. The van der Waals surface area contributed by atoms with E-state index in [1.165, 1.54) is 11.5 Å². The number of aliphatic imine (C=N–C) groups is 1. The second-order valence-electron chi connectivity index (χ2n) is 8.21. The highest BCUT2D eigenvalue weighted by Gasteiger charge is 2.27. The molecule has 2 aromatic heterocycles. The Kier molecular flexibility index (Phi) is 6.10. The molecular formula is C24H22N8O3S. The van der Waals surface area contributed by atoms with Gasteiger partial charge in [-0.3, -0.25) is 9.79 Å². The van der Waals surface area contributed by atoms with E-state index in [1.807, 2.05) is 54.6 Å². The zero-order valence-corrected chi connectivity index (χ0v) is 19.9. The number of benzene rings is 2. The highest BCUT2D eigenvalue weighted by molar-refractivity contribution is 7.10. The van der Waals surface area contributed by atoms with Gasteiger partial charge in [0.25, 0.3) is 11.8 Å². The molecule has 0 bridgehead atoms. The quantitative estimate of drug-likeness (QED) is 0.409. The number of benzodiazepines with no additional fused rings is 1. The molecule has 1 fully saturated rings. The summed E-state index contributed by atoms with van der Waals surface area (Å²) in [5.41, 5.74) is 3.80. The molecule has 6 rings (SSSR count). The molecule has 2 aromatic carbocycles. The lowest BCUT2D eigenvalue weighted by Gasteiger charge is -2.26. The van der Waals surface area contributed by atoms with Gasteiger partial charge < -0.3 is 24.7 Å². The Morgan fingerprint density at radius 1 is 1.03 bits per heavy atom. The van der Waals surface area contributed by atoms with E-state index in [0.29, 0.717) is 18.9 Å². The smallest absolute Gasteiger partial charge is 0.315 e. The molecule has 0 unspecified atom stereocenters. The Morgan fingerprint density at radius 2 is 1.83 bits per heavy atom. The van der Waals surface area contributed by atoms with Crippen molar-refractivity contribution < 1.29 is 13.9 Å². The predicted molar refractivity (Wildman–Crippen MR) is 136 cm³/mol. The fraction of sp³-hybridized carbons (Fsp3) is 0.250. The van der Waals surface area contributed by atoms with Gasteiger partial charge in [0.15, 0.2) is 5.69 Å². The molecule has 36 heavy (non-hydrogen) atoms. The molecule has 4 heterocycles. The summed E-state index contributed by atoms with van der Waals surface area (Å²) in [4.78, 5) is 20.0. The maximum absolute atomic E-state index is 13.0. The van der Waals surface area contributed by atoms with E-state index >= 15 is 0 Å². The number of aromatic nitrogens is 4. The Bertz CT molecular complexity index is 1400. The average molecular weight is 503 g/mol. The van der Waals surface area contributed by atoms with E-state index in [-0.39, 0.29) is 24.4 Å². The molecule has 0 saturated carbocycles. The zero-order chi connectivity index (χ0) is 24.3. The fourth-order valence-electron chi connectivity index (χ4n) is 4.13. The first-order valence-corrected chi connectivity index (χ1v) is 12.3. The van der Waals surface area contributed by atoms with Gasteiger partial charge in [0, 0.05) is 35.7 Å². The minimum absolute atomic E-state index is 0.170. The summed E-state index contributed by atoms with van der Waals surface area (Å²) < 4.78 is 15.3. The Hall–Kier alpha value is -4.16. The van der Waals surface area contributed by atoms with Crippen LogP contribution in [0.4, 0.5) is 16.7 Å². The minimum Gasteiger partial charge on any atom is -0.401 e. The predicted octanol–water partition coefficient (Wildman–Crippen LogP) is 2.69. The van der Waals surface area contributed by atoms with E-state index < -0.39 is 6.04 Å². The Morgan fingerprint density at radius 3 is 2.69 bits per heavy atom. The molecule has 182 valence electrons. The number of hydrogen-bond acceptors (Lipinski definition) is 11. The van der Waals surface area contributed by atoms with Crippen molar-refractivity contribution in [3.63, 3.8) is 0 Å². The van der Waals surface area contributed by atoms with E-state index in [2.05, 4.69) is 35.3 Å². The maximum Gasteiger partial charge on any atom is 0.315 e. The Labute approximate surface area is 210 Å². The van der Waals surface area contributed by atoms with Crippen LogP contribution in [0.25, 0.3) is 11.6 Å². The molecule has 2 N–H and O–H groups in total. The highest BCUT2D eigenvalue weighted by Crippen LogP contribution is 2.32. The Balaban J connectivity index is 1.23. The molecule has 12 heteroatoms. The molecule has 1 saturated heterocycles. The summed E-state index contributed by atoms with van der Waals surface area (Å²) in [5.74, 6) is 0.0397. The lowest BCUT2D eigenvalue weighted by atomic mass is 10.0. The third-order valence-electron chi connectivity index (χ3n) is 5.92. The van der Waals surface area contributed by atoms with Crippen molar-refractivity contribution in [3.05, 3.63) is 65.7 Å². The van der Waals surface area contributed by atoms with E-state index in [9.17, 15) is 4.79 Å². The molecular weight excluding hydrogens is 480 g/mol. The number of anilines is 3. The van der Waals surface area contributed by atoms with Crippen LogP contribution < -0.4 is 15.5 Å². The van der Waals surface area contributed by atoms with Gasteiger partial charge in [-0.2, -0.15) is 0 Å². The molecule has 4 aromatic rings. The summed E-state index contributed by atoms with van der Waals surface area (Å²) >= 11 is 1.28. The van der Waals surface area contributed by atoms with E-state index in [4.69, 9.17) is 14.1 Å². The number of nitrogens with one attached hydrogen (secondary N) is 2. The van der Waals surface area contributed by atoms with Crippen molar-refractivity contribution >= 4 is 39.9 Å². The first-order valence-electron chi connectivity index (χ1n) is 11.5. The van der Waals surface area contributed by atoms with Crippen LogP contribution in [0.2, 0.25) is 0 Å². The first kappa shape index (κ1) is 22.3. The molecule has 0 spiro atoms. The van der Waals surface area contributed by atoms with Crippen molar-refractivity contribution in [3.8, 4) is 11.6 Å². The summed E-state index contributed by atoms with van der Waals surface area (Å²) in [6, 6.07) is 16.9. The van der Waals surface area contributed by atoms with Crippen LogP contribution in [-0.4, -0.2) is 70.3 Å². The number of nitrogens with zero attached hydrogens (tertiary/aromatic N) is 6. The largest absolute Gasteiger partial charge is 0.401 e. The molecule has 2 aliphatic rings. The monoisotopic (exact) mass is 502 g/mol. The van der Waals surface area contributed by atoms with E-state index in [0.717, 1.165) is 40.6 Å². The van der Waals surface area contributed by atoms with Crippen LogP contribution in [0.5, 0.6) is 0 Å². The van der Waals surface area contributed by atoms with Crippen molar-refractivity contribution in [1.29, 1.82) is 0 Å². The number of para-hydroxylation sites is 1. The number of carbonyl (C=O) groups is 1. The van der Waals surface area contributed by atoms with Crippen LogP contribution in [-0.2, 0) is 9.53 Å². The normalized spacial score (nSPS) is 17.7. The number of fused-ring (bicyclic) bond motifs is 1. The van der Waals surface area contributed by atoms with Gasteiger partial charge in [0.2, 0.25) is 0 Å². The molecule has 0 radical (unpaired) electrons. The average Bonchev–Trinajstić information content (AvgIpc) is 3.57. The molecule has 2 aliphatic heterocycles. The molecule has 0 aliphatic carbocycles. The van der Waals surface area contributed by atoms with Gasteiger partial charge in [0.05, 0.1) is 31.2 Å². The summed E-state index contributed by atoms with van der Waals surface area (Å²) in [7, 11) is 0. The second-order valence-corrected chi connectivity index (χ2v) is 8.95. The van der Waals surface area contributed by atoms with Crippen LogP contribution in [0.1, 0.15) is 11.1 Å². The van der Waals surface area contributed by atoms with Gasteiger partial charge >= 0.3 is 6.01 Å². The number of rotatable bonds is 6. The highest BCUT2D eigenvalue weighted by atomic mass is 32.1. The lowest BCUT2D eigenvalue weighted by Crippen LogP contribution is -2.35. The number of ether oxygens (including phenoxy) is 1. The fourth-order valence-corrected chi connectivity index (χ4v) is 4.84. The van der Waals surface area contributed by atoms with Crippen LogP contribution in [0, 0.1) is 0 Å². The SMILES string of the molecule is O=C1Nc2ccccc2C(c2ccccc2)=N[C@@H]1CNc1nnc(-c2nnsc2N2CCOCC2)o1. The van der Waals surface area contributed by atoms with E-state index in [1.54, 1.807) is 0 Å². The van der Waals surface area contributed by atoms with Crippen LogP contribution in [0.3, 0.4) is 0 Å². The minimum atomic E-state index is -0.715. The van der Waals surface area contributed by atoms with Gasteiger partial charge in [-0.1, -0.05) is 58.1 Å². The number of hydrogen-bond donors (Lipinski definition) is 2. The standard InChI is InChI=1S/C24H22N8O3S/c33-21-18(26-19(15-6-2-1-3-7-15)16-8-4-5-9-17(16)27-21)14-25-24-30-29-22(35-24)20-23(36-31-28-20)32-10-12-34-13-11-32/h1-9,18H,10-14H2,(H,25,30)(H,27,33)/t18-/m1/s1. The summed E-state index contributed by atoms with van der Waals surface area (Å²) in [6.07, 6.45) is 0. The molecule has 1 amide bonds. The topological polar surface area (TPSA) is 131 Å². The number of amides is 1. The summed E-state index contributed by atoms with van der Waals surface area (Å²) in [5, 5.41) is 19.3. The second kappa shape index (κ2) is 9.84. The van der Waals surface area contributed by atoms with Crippen LogP contribution >= 0.6 is 11.5 Å². The molecule has 11 nitrogen and oxygen atoms in total. The van der Waals surface area contributed by atoms with Crippen molar-refractivity contribution in [2.45, 2.75) is 6.04 Å². The van der Waals surface area contributed by atoms with Crippen molar-refractivity contribution in [2.75, 3.05) is 48.4 Å².